The van der Waals surface area contributed by atoms with Crippen molar-refractivity contribution in [2.45, 2.75) is 13.1 Å². The van der Waals surface area contributed by atoms with Gasteiger partial charge in [0, 0.05) is 24.5 Å². The Labute approximate surface area is 183 Å². The molecule has 1 aromatic carbocycles. The number of hydrogen-bond donors (Lipinski definition) is 2. The summed E-state index contributed by atoms with van der Waals surface area (Å²) in [5, 5.41) is 2.77. The Morgan fingerprint density at radius 1 is 0.969 bits per heavy atom. The van der Waals surface area contributed by atoms with Crippen LogP contribution in [0.4, 0.5) is 21.6 Å². The summed E-state index contributed by atoms with van der Waals surface area (Å²) in [5.74, 6) is -0.324. The number of nitrogens with one attached hydrogen (secondary N) is 1. The number of halogens is 1. The molecular formula is C23H18FN7O. The zero-order valence-electron chi connectivity index (χ0n) is 16.9. The van der Waals surface area contributed by atoms with Crippen LogP contribution in [0.1, 0.15) is 21.7 Å². The van der Waals surface area contributed by atoms with Crippen molar-refractivity contribution < 1.29 is 9.18 Å². The molecule has 1 aliphatic rings. The van der Waals surface area contributed by atoms with E-state index in [1.165, 1.54) is 18.5 Å². The van der Waals surface area contributed by atoms with Crippen LogP contribution in [0.3, 0.4) is 0 Å². The average Bonchev–Trinajstić information content (AvgIpc) is 3.25. The molecule has 32 heavy (non-hydrogen) atoms. The monoisotopic (exact) mass is 427 g/mol. The van der Waals surface area contributed by atoms with E-state index in [9.17, 15) is 9.18 Å². The lowest BCUT2D eigenvalue weighted by Gasteiger charge is -2.15. The van der Waals surface area contributed by atoms with Crippen LogP contribution in [0, 0.1) is 5.95 Å². The summed E-state index contributed by atoms with van der Waals surface area (Å²) in [5.41, 5.74) is 10.6. The van der Waals surface area contributed by atoms with Gasteiger partial charge in [-0.3, -0.25) is 9.78 Å². The fourth-order valence-electron chi connectivity index (χ4n) is 3.54. The molecule has 1 amide bonds. The van der Waals surface area contributed by atoms with Crippen LogP contribution >= 0.6 is 0 Å². The Morgan fingerprint density at radius 2 is 1.84 bits per heavy atom. The quantitative estimate of drug-likeness (QED) is 0.379. The summed E-state index contributed by atoms with van der Waals surface area (Å²) >= 11 is 0. The van der Waals surface area contributed by atoms with Crippen molar-refractivity contribution in [3.63, 3.8) is 0 Å². The summed E-state index contributed by atoms with van der Waals surface area (Å²) < 4.78 is 13.1. The van der Waals surface area contributed by atoms with Crippen LogP contribution in [0.5, 0.6) is 0 Å². The number of benzene rings is 1. The van der Waals surface area contributed by atoms with Crippen molar-refractivity contribution in [3.8, 4) is 11.1 Å². The zero-order chi connectivity index (χ0) is 22.1. The standard InChI is InChI=1S/C23H18FN7O/c24-21-6-4-15(9-28-21)14-3-5-17(25)18(8-14)30-23(32)19-10-29-22(11-27-19)31-12-16-2-1-7-26-20(16)13-31/h1-11H,12-13,25H2,(H,30,32). The fraction of sp³-hybridized carbons (Fsp3) is 0.0870. The van der Waals surface area contributed by atoms with Crippen LogP contribution in [-0.4, -0.2) is 25.8 Å². The van der Waals surface area contributed by atoms with Gasteiger partial charge in [0.15, 0.2) is 0 Å². The summed E-state index contributed by atoms with van der Waals surface area (Å²) in [6, 6.07) is 12.0. The molecule has 0 fully saturated rings. The van der Waals surface area contributed by atoms with Gasteiger partial charge in [0.1, 0.15) is 11.5 Å². The molecule has 4 heterocycles. The maximum atomic E-state index is 13.1. The van der Waals surface area contributed by atoms with Gasteiger partial charge in [0.05, 0.1) is 36.0 Å². The van der Waals surface area contributed by atoms with E-state index in [0.29, 0.717) is 35.8 Å². The number of pyridine rings is 2. The molecule has 0 unspecified atom stereocenters. The second-order valence-electron chi connectivity index (χ2n) is 7.35. The van der Waals surface area contributed by atoms with Crippen LogP contribution < -0.4 is 16.0 Å². The molecule has 3 N–H and O–H groups in total. The number of hydrogen-bond acceptors (Lipinski definition) is 7. The second-order valence-corrected chi connectivity index (χ2v) is 7.35. The van der Waals surface area contributed by atoms with E-state index >= 15 is 0 Å². The van der Waals surface area contributed by atoms with Crippen LogP contribution in [0.2, 0.25) is 0 Å². The number of nitrogen functional groups attached to an aromatic ring is 1. The van der Waals surface area contributed by atoms with E-state index in [2.05, 4.69) is 25.3 Å². The Hall–Kier alpha value is -4.40. The molecule has 0 saturated heterocycles. The molecule has 1 aliphatic heterocycles. The van der Waals surface area contributed by atoms with Gasteiger partial charge in [-0.15, -0.1) is 0 Å². The third kappa shape index (κ3) is 3.83. The van der Waals surface area contributed by atoms with Crippen molar-refractivity contribution in [2.24, 2.45) is 0 Å². The van der Waals surface area contributed by atoms with E-state index < -0.39 is 11.9 Å². The molecule has 0 radical (unpaired) electrons. The second kappa shape index (κ2) is 8.03. The number of rotatable bonds is 4. The van der Waals surface area contributed by atoms with Gasteiger partial charge in [-0.05, 0) is 41.5 Å². The van der Waals surface area contributed by atoms with Crippen molar-refractivity contribution in [3.05, 3.63) is 90.2 Å². The maximum absolute atomic E-state index is 13.1. The van der Waals surface area contributed by atoms with Gasteiger partial charge in [-0.2, -0.15) is 4.39 Å². The molecule has 3 aromatic heterocycles. The van der Waals surface area contributed by atoms with Gasteiger partial charge in [0.2, 0.25) is 5.95 Å². The number of fused-ring (bicyclic) bond motifs is 1. The number of aromatic nitrogens is 4. The highest BCUT2D eigenvalue weighted by Gasteiger charge is 2.21. The minimum atomic E-state index is -0.561. The Balaban J connectivity index is 1.31. The summed E-state index contributed by atoms with van der Waals surface area (Å²) in [4.78, 5) is 31.5. The highest BCUT2D eigenvalue weighted by Crippen LogP contribution is 2.28. The molecule has 0 atom stereocenters. The first-order chi connectivity index (χ1) is 15.6. The van der Waals surface area contributed by atoms with Crippen molar-refractivity contribution >= 4 is 23.1 Å². The number of nitrogens with zero attached hydrogens (tertiary/aromatic N) is 5. The molecule has 8 nitrogen and oxygen atoms in total. The van der Waals surface area contributed by atoms with Gasteiger partial charge >= 0.3 is 0 Å². The molecule has 0 bridgehead atoms. The Morgan fingerprint density at radius 3 is 2.59 bits per heavy atom. The van der Waals surface area contributed by atoms with Gasteiger partial charge in [-0.1, -0.05) is 12.1 Å². The average molecular weight is 427 g/mol. The summed E-state index contributed by atoms with van der Waals surface area (Å²) in [6.07, 6.45) is 6.20. The molecule has 5 rings (SSSR count). The lowest BCUT2D eigenvalue weighted by molar-refractivity contribution is 0.102. The molecule has 0 saturated carbocycles. The predicted octanol–water partition coefficient (Wildman–Crippen LogP) is 3.43. The van der Waals surface area contributed by atoms with Gasteiger partial charge in [0.25, 0.3) is 5.91 Å². The largest absolute Gasteiger partial charge is 0.397 e. The number of anilines is 3. The predicted molar refractivity (Wildman–Crippen MR) is 118 cm³/mol. The third-order valence-corrected chi connectivity index (χ3v) is 5.24. The summed E-state index contributed by atoms with van der Waals surface area (Å²) in [7, 11) is 0. The zero-order valence-corrected chi connectivity index (χ0v) is 16.9. The lowest BCUT2D eigenvalue weighted by atomic mass is 10.1. The van der Waals surface area contributed by atoms with Gasteiger partial charge < -0.3 is 16.0 Å². The Kier molecular flexibility index (Phi) is 4.91. The van der Waals surface area contributed by atoms with Crippen molar-refractivity contribution in [1.82, 2.24) is 19.9 Å². The smallest absolute Gasteiger partial charge is 0.275 e. The van der Waals surface area contributed by atoms with Crippen molar-refractivity contribution in [1.29, 1.82) is 0 Å². The molecule has 158 valence electrons. The minimum Gasteiger partial charge on any atom is -0.397 e. The van der Waals surface area contributed by atoms with Gasteiger partial charge in [-0.25, -0.2) is 15.0 Å². The molecular weight excluding hydrogens is 409 g/mol. The molecule has 9 heteroatoms. The van der Waals surface area contributed by atoms with Crippen LogP contribution in [-0.2, 0) is 13.1 Å². The minimum absolute atomic E-state index is 0.164. The molecule has 0 spiro atoms. The normalized spacial score (nSPS) is 12.5. The lowest BCUT2D eigenvalue weighted by Crippen LogP contribution is -2.19. The number of nitrogens with two attached hydrogens (primary N) is 1. The first-order valence-electron chi connectivity index (χ1n) is 9.89. The van der Waals surface area contributed by atoms with E-state index in [4.69, 9.17) is 5.73 Å². The van der Waals surface area contributed by atoms with Crippen LogP contribution in [0.25, 0.3) is 11.1 Å². The third-order valence-electron chi connectivity index (χ3n) is 5.24. The van der Waals surface area contributed by atoms with Crippen LogP contribution in [0.15, 0.2) is 67.3 Å². The molecule has 4 aromatic rings. The SMILES string of the molecule is Nc1ccc(-c2ccc(F)nc2)cc1NC(=O)c1cnc(N2Cc3cccnc3C2)cn1. The fourth-order valence-corrected chi connectivity index (χ4v) is 3.54. The van der Waals surface area contributed by atoms with E-state index in [1.54, 1.807) is 36.7 Å². The topological polar surface area (TPSA) is 110 Å². The number of amides is 1. The molecule has 0 aliphatic carbocycles. The number of carbonyl (C=O) groups is 1. The summed E-state index contributed by atoms with van der Waals surface area (Å²) in [6.45, 7) is 1.35. The highest BCUT2D eigenvalue weighted by molar-refractivity contribution is 6.04. The highest BCUT2D eigenvalue weighted by atomic mass is 19.1. The van der Waals surface area contributed by atoms with Crippen molar-refractivity contribution in [2.75, 3.05) is 16.0 Å². The Bertz CT molecular complexity index is 1270. The number of carbonyl (C=O) groups excluding carboxylic acids is 1. The first-order valence-corrected chi connectivity index (χ1v) is 9.89. The van der Waals surface area contributed by atoms with E-state index in [-0.39, 0.29) is 5.69 Å². The maximum Gasteiger partial charge on any atom is 0.275 e. The van der Waals surface area contributed by atoms with E-state index in [1.807, 2.05) is 17.0 Å². The van der Waals surface area contributed by atoms with E-state index in [0.717, 1.165) is 16.8 Å². The first kappa shape index (κ1) is 19.6.